The Morgan fingerprint density at radius 2 is 2.31 bits per heavy atom. The summed E-state index contributed by atoms with van der Waals surface area (Å²) in [4.78, 5) is 15.5. The van der Waals surface area contributed by atoms with Gasteiger partial charge in [0.1, 0.15) is 5.82 Å². The second kappa shape index (κ2) is 6.95. The Balaban J connectivity index is 2.24. The molecule has 16 heavy (non-hydrogen) atoms. The van der Waals surface area contributed by atoms with E-state index in [0.717, 1.165) is 18.7 Å². The summed E-state index contributed by atoms with van der Waals surface area (Å²) in [5.41, 5.74) is 0. The minimum absolute atomic E-state index is 0.202. The molecule has 0 atom stereocenters. The Morgan fingerprint density at radius 1 is 1.50 bits per heavy atom. The van der Waals surface area contributed by atoms with Crippen LogP contribution in [0.15, 0.2) is 0 Å². The number of nitrogens with zero attached hydrogens (tertiary/aromatic N) is 2. The summed E-state index contributed by atoms with van der Waals surface area (Å²) in [5.74, 6) is 0.681. The van der Waals surface area contributed by atoms with Crippen molar-refractivity contribution < 1.29 is 9.53 Å². The van der Waals surface area contributed by atoms with Crippen LogP contribution in [0.5, 0.6) is 0 Å². The van der Waals surface area contributed by atoms with E-state index < -0.39 is 0 Å². The van der Waals surface area contributed by atoms with E-state index in [4.69, 9.17) is 4.74 Å². The monoisotopic (exact) mass is 226 g/mol. The highest BCUT2D eigenvalue weighted by molar-refractivity contribution is 5.90. The van der Waals surface area contributed by atoms with E-state index in [0.29, 0.717) is 19.8 Å². The van der Waals surface area contributed by atoms with Crippen LogP contribution in [0.3, 0.4) is 0 Å². The average Bonchev–Trinajstić information content (AvgIpc) is 2.77. The molecule has 0 aromatic carbocycles. The topological polar surface area (TPSA) is 79.9 Å². The summed E-state index contributed by atoms with van der Waals surface area (Å²) in [6, 6.07) is 0. The van der Waals surface area contributed by atoms with E-state index in [2.05, 4.69) is 20.5 Å². The number of amides is 1. The Kier molecular flexibility index (Phi) is 5.49. The number of aromatic nitrogens is 3. The predicted octanol–water partition coefficient (Wildman–Crippen LogP) is 0.523. The van der Waals surface area contributed by atoms with Crippen molar-refractivity contribution in [1.82, 2.24) is 20.5 Å². The zero-order valence-electron chi connectivity index (χ0n) is 9.75. The van der Waals surface area contributed by atoms with Crippen LogP contribution in [0, 0.1) is 0 Å². The van der Waals surface area contributed by atoms with Crippen molar-refractivity contribution in [3.05, 3.63) is 11.6 Å². The molecule has 6 heteroatoms. The number of aromatic amines is 1. The molecule has 6 nitrogen and oxygen atoms in total. The standard InChI is InChI=1S/C10H18N4O2/c1-3-8-12-9(14-13-8)10(15)11-6-5-7-16-4-2/h3-7H2,1-2H3,(H,11,15)(H,12,13,14). The molecule has 1 rings (SSSR count). The summed E-state index contributed by atoms with van der Waals surface area (Å²) in [6.07, 6.45) is 1.54. The third-order valence-electron chi connectivity index (χ3n) is 2.02. The molecular formula is C10H18N4O2. The summed E-state index contributed by atoms with van der Waals surface area (Å²) in [7, 11) is 0. The van der Waals surface area contributed by atoms with Gasteiger partial charge in [0.15, 0.2) is 0 Å². The van der Waals surface area contributed by atoms with Crippen LogP contribution < -0.4 is 5.32 Å². The lowest BCUT2D eigenvalue weighted by molar-refractivity contribution is 0.0934. The Hall–Kier alpha value is -1.43. The van der Waals surface area contributed by atoms with E-state index in [-0.39, 0.29) is 11.7 Å². The van der Waals surface area contributed by atoms with Gasteiger partial charge in [-0.2, -0.15) is 0 Å². The van der Waals surface area contributed by atoms with Gasteiger partial charge in [0.05, 0.1) is 0 Å². The maximum absolute atomic E-state index is 11.5. The molecule has 1 heterocycles. The minimum atomic E-state index is -0.243. The van der Waals surface area contributed by atoms with E-state index in [1.807, 2.05) is 13.8 Å². The molecule has 0 saturated carbocycles. The van der Waals surface area contributed by atoms with Crippen LogP contribution in [0.2, 0.25) is 0 Å². The van der Waals surface area contributed by atoms with Crippen LogP contribution in [0.25, 0.3) is 0 Å². The molecule has 1 amide bonds. The fourth-order valence-corrected chi connectivity index (χ4v) is 1.15. The summed E-state index contributed by atoms with van der Waals surface area (Å²) < 4.78 is 5.15. The highest BCUT2D eigenvalue weighted by Gasteiger charge is 2.10. The van der Waals surface area contributed by atoms with Gasteiger partial charge >= 0.3 is 0 Å². The van der Waals surface area contributed by atoms with Crippen molar-refractivity contribution in [2.24, 2.45) is 0 Å². The first-order valence-corrected chi connectivity index (χ1v) is 5.55. The first-order valence-electron chi connectivity index (χ1n) is 5.55. The lowest BCUT2D eigenvalue weighted by Gasteiger charge is -2.02. The molecule has 1 aromatic rings. The number of H-pyrrole nitrogens is 1. The van der Waals surface area contributed by atoms with Gasteiger partial charge in [-0.25, -0.2) is 4.98 Å². The van der Waals surface area contributed by atoms with Gasteiger partial charge in [-0.05, 0) is 13.3 Å². The maximum atomic E-state index is 11.5. The van der Waals surface area contributed by atoms with E-state index in [1.54, 1.807) is 0 Å². The van der Waals surface area contributed by atoms with Gasteiger partial charge in [-0.1, -0.05) is 6.92 Å². The second-order valence-electron chi connectivity index (χ2n) is 3.27. The molecule has 90 valence electrons. The molecule has 0 aliphatic heterocycles. The molecule has 1 aromatic heterocycles. The van der Waals surface area contributed by atoms with Crippen LogP contribution in [-0.4, -0.2) is 40.8 Å². The van der Waals surface area contributed by atoms with Crippen LogP contribution in [-0.2, 0) is 11.2 Å². The number of nitrogens with one attached hydrogen (secondary N) is 2. The summed E-state index contributed by atoms with van der Waals surface area (Å²) in [6.45, 7) is 5.83. The van der Waals surface area contributed by atoms with Gasteiger partial charge in [0, 0.05) is 26.2 Å². The van der Waals surface area contributed by atoms with E-state index in [9.17, 15) is 4.79 Å². The third kappa shape index (κ3) is 3.98. The molecule has 0 spiro atoms. The van der Waals surface area contributed by atoms with Gasteiger partial charge in [-0.15, -0.1) is 5.10 Å². The van der Waals surface area contributed by atoms with Crippen molar-refractivity contribution in [3.63, 3.8) is 0 Å². The molecule has 0 radical (unpaired) electrons. The SMILES string of the molecule is CCOCCCNC(=O)c1n[nH]c(CC)n1. The number of hydrogen-bond donors (Lipinski definition) is 2. The van der Waals surface area contributed by atoms with Gasteiger partial charge in [0.2, 0.25) is 5.82 Å². The third-order valence-corrected chi connectivity index (χ3v) is 2.02. The summed E-state index contributed by atoms with van der Waals surface area (Å²) >= 11 is 0. The smallest absolute Gasteiger partial charge is 0.290 e. The number of rotatable bonds is 7. The summed E-state index contributed by atoms with van der Waals surface area (Å²) in [5, 5.41) is 9.25. The van der Waals surface area contributed by atoms with Crippen LogP contribution in [0.4, 0.5) is 0 Å². The first kappa shape index (κ1) is 12.6. The number of aryl methyl sites for hydroxylation is 1. The molecule has 0 unspecified atom stereocenters. The highest BCUT2D eigenvalue weighted by atomic mass is 16.5. The van der Waals surface area contributed by atoms with Crippen molar-refractivity contribution >= 4 is 5.91 Å². The zero-order chi connectivity index (χ0) is 11.8. The quantitative estimate of drug-likeness (QED) is 0.664. The van der Waals surface area contributed by atoms with Crippen molar-refractivity contribution in [2.75, 3.05) is 19.8 Å². The average molecular weight is 226 g/mol. The van der Waals surface area contributed by atoms with Crippen molar-refractivity contribution in [3.8, 4) is 0 Å². The normalized spacial score (nSPS) is 10.4. The predicted molar refractivity (Wildman–Crippen MR) is 59.2 cm³/mol. The fourth-order valence-electron chi connectivity index (χ4n) is 1.15. The van der Waals surface area contributed by atoms with Gasteiger partial charge in [0.25, 0.3) is 5.91 Å². The van der Waals surface area contributed by atoms with Crippen molar-refractivity contribution in [1.29, 1.82) is 0 Å². The largest absolute Gasteiger partial charge is 0.382 e. The lowest BCUT2D eigenvalue weighted by atomic mass is 10.4. The lowest BCUT2D eigenvalue weighted by Crippen LogP contribution is -2.26. The van der Waals surface area contributed by atoms with E-state index in [1.165, 1.54) is 0 Å². The zero-order valence-corrected chi connectivity index (χ0v) is 9.75. The molecule has 2 N–H and O–H groups in total. The number of ether oxygens (including phenoxy) is 1. The molecule has 0 aliphatic carbocycles. The molecule has 0 aliphatic rings. The Bertz CT molecular complexity index is 324. The van der Waals surface area contributed by atoms with Gasteiger partial charge in [-0.3, -0.25) is 9.89 Å². The molecule has 0 saturated heterocycles. The van der Waals surface area contributed by atoms with Gasteiger partial charge < -0.3 is 10.1 Å². The Labute approximate surface area is 94.8 Å². The van der Waals surface area contributed by atoms with Crippen LogP contribution in [0.1, 0.15) is 36.7 Å². The molecule has 0 bridgehead atoms. The maximum Gasteiger partial charge on any atom is 0.290 e. The second-order valence-corrected chi connectivity index (χ2v) is 3.27. The highest BCUT2D eigenvalue weighted by Crippen LogP contribution is 1.93. The molecule has 0 fully saturated rings. The van der Waals surface area contributed by atoms with Crippen LogP contribution >= 0.6 is 0 Å². The minimum Gasteiger partial charge on any atom is -0.382 e. The number of hydrogen-bond acceptors (Lipinski definition) is 4. The van der Waals surface area contributed by atoms with E-state index >= 15 is 0 Å². The number of carbonyl (C=O) groups excluding carboxylic acids is 1. The fraction of sp³-hybridized carbons (Fsp3) is 0.700. The first-order chi connectivity index (χ1) is 7.77. The molecular weight excluding hydrogens is 208 g/mol. The Morgan fingerprint density at radius 3 is 2.94 bits per heavy atom. The van der Waals surface area contributed by atoms with Crippen molar-refractivity contribution in [2.45, 2.75) is 26.7 Å². The number of carbonyl (C=O) groups is 1.